The van der Waals surface area contributed by atoms with E-state index < -0.39 is 6.09 Å². The molecule has 0 aliphatic carbocycles. The lowest BCUT2D eigenvalue weighted by atomic mass is 10.2. The molecule has 1 heterocycles. The Hall–Kier alpha value is -3.32. The van der Waals surface area contributed by atoms with Gasteiger partial charge in [0.1, 0.15) is 12.3 Å². The van der Waals surface area contributed by atoms with Crippen LogP contribution in [0.25, 0.3) is 0 Å². The molecule has 144 valence electrons. The van der Waals surface area contributed by atoms with Gasteiger partial charge in [0.05, 0.1) is 0 Å². The molecule has 0 atom stereocenters. The van der Waals surface area contributed by atoms with Crippen molar-refractivity contribution in [2.75, 3.05) is 5.32 Å². The third-order valence-corrected chi connectivity index (χ3v) is 4.13. The number of carbonyl (C=O) groups is 2. The molecule has 0 aliphatic heterocycles. The van der Waals surface area contributed by atoms with Gasteiger partial charge < -0.3 is 10.1 Å². The molecule has 0 fully saturated rings. The second kappa shape index (κ2) is 9.05. The third kappa shape index (κ3) is 5.59. The van der Waals surface area contributed by atoms with Gasteiger partial charge in [0.25, 0.3) is 5.91 Å². The topological polar surface area (TPSA) is 85.2 Å². The fourth-order valence-electron chi connectivity index (χ4n) is 2.40. The van der Waals surface area contributed by atoms with E-state index in [4.69, 9.17) is 16.3 Å². The molecule has 0 aliphatic rings. The zero-order chi connectivity index (χ0) is 19.9. The summed E-state index contributed by atoms with van der Waals surface area (Å²) in [5.41, 5.74) is 2.70. The lowest BCUT2D eigenvalue weighted by Gasteiger charge is -2.08. The van der Waals surface area contributed by atoms with E-state index in [0.717, 1.165) is 11.1 Å². The average Bonchev–Trinajstić information content (AvgIpc) is 3.13. The molecule has 1 aromatic heterocycles. The van der Waals surface area contributed by atoms with Crippen molar-refractivity contribution >= 4 is 29.3 Å². The molecule has 0 spiro atoms. The maximum atomic E-state index is 12.0. The van der Waals surface area contributed by atoms with Crippen molar-refractivity contribution in [2.24, 2.45) is 7.05 Å². The summed E-state index contributed by atoms with van der Waals surface area (Å²) in [5, 5.41) is 10.1. The standard InChI is InChI=1S/C20H19ClN4O3/c1-25-11-10-18(24-25)19(26)22-12-14-4-8-17(9-5-14)23-20(27)28-13-15-2-6-16(21)7-3-15/h2-11H,12-13H2,1H3,(H,22,26)(H,23,27). The van der Waals surface area contributed by atoms with Crippen molar-refractivity contribution < 1.29 is 14.3 Å². The summed E-state index contributed by atoms with van der Waals surface area (Å²) in [5.74, 6) is -0.242. The molecule has 28 heavy (non-hydrogen) atoms. The minimum Gasteiger partial charge on any atom is -0.444 e. The molecule has 3 rings (SSSR count). The summed E-state index contributed by atoms with van der Waals surface area (Å²) < 4.78 is 6.74. The van der Waals surface area contributed by atoms with Crippen molar-refractivity contribution in [1.82, 2.24) is 15.1 Å². The monoisotopic (exact) mass is 398 g/mol. The van der Waals surface area contributed by atoms with Gasteiger partial charge in [-0.05, 0) is 41.5 Å². The van der Waals surface area contributed by atoms with Crippen LogP contribution in [0.15, 0.2) is 60.8 Å². The van der Waals surface area contributed by atoms with E-state index in [-0.39, 0.29) is 12.5 Å². The van der Waals surface area contributed by atoms with Crippen molar-refractivity contribution in [3.05, 3.63) is 82.6 Å². The van der Waals surface area contributed by atoms with Crippen LogP contribution in [0.4, 0.5) is 10.5 Å². The zero-order valence-corrected chi connectivity index (χ0v) is 15.9. The van der Waals surface area contributed by atoms with Crippen LogP contribution in [0.2, 0.25) is 5.02 Å². The Labute approximate surface area is 167 Å². The van der Waals surface area contributed by atoms with Crippen LogP contribution in [0.5, 0.6) is 0 Å². The number of rotatable bonds is 6. The SMILES string of the molecule is Cn1ccc(C(=O)NCc2ccc(NC(=O)OCc3ccc(Cl)cc3)cc2)n1. The Morgan fingerprint density at radius 1 is 1.04 bits per heavy atom. The molecular formula is C20H19ClN4O3. The summed E-state index contributed by atoms with van der Waals surface area (Å²) in [4.78, 5) is 23.9. The molecule has 0 unspecified atom stereocenters. The predicted octanol–water partition coefficient (Wildman–Crippen LogP) is 3.75. The maximum absolute atomic E-state index is 12.0. The number of hydrogen-bond donors (Lipinski definition) is 2. The predicted molar refractivity (Wildman–Crippen MR) is 106 cm³/mol. The average molecular weight is 399 g/mol. The van der Waals surface area contributed by atoms with Gasteiger partial charge in [-0.25, -0.2) is 4.79 Å². The Bertz CT molecular complexity index is 952. The number of amides is 2. The maximum Gasteiger partial charge on any atom is 0.411 e. The van der Waals surface area contributed by atoms with Gasteiger partial charge in [-0.1, -0.05) is 35.9 Å². The van der Waals surface area contributed by atoms with Crippen LogP contribution in [0.3, 0.4) is 0 Å². The number of nitrogens with one attached hydrogen (secondary N) is 2. The fraction of sp³-hybridized carbons (Fsp3) is 0.150. The van der Waals surface area contributed by atoms with E-state index in [2.05, 4.69) is 15.7 Å². The van der Waals surface area contributed by atoms with E-state index in [1.807, 2.05) is 12.1 Å². The van der Waals surface area contributed by atoms with Crippen LogP contribution in [-0.2, 0) is 24.9 Å². The number of aromatic nitrogens is 2. The molecule has 7 nitrogen and oxygen atoms in total. The van der Waals surface area contributed by atoms with E-state index in [9.17, 15) is 9.59 Å². The van der Waals surface area contributed by atoms with Crippen LogP contribution < -0.4 is 10.6 Å². The molecule has 2 N–H and O–H groups in total. The summed E-state index contributed by atoms with van der Waals surface area (Å²) >= 11 is 5.82. The van der Waals surface area contributed by atoms with Crippen LogP contribution in [0, 0.1) is 0 Å². The number of benzene rings is 2. The van der Waals surface area contributed by atoms with Crippen molar-refractivity contribution in [2.45, 2.75) is 13.2 Å². The normalized spacial score (nSPS) is 10.4. The van der Waals surface area contributed by atoms with Gasteiger partial charge in [-0.3, -0.25) is 14.8 Å². The van der Waals surface area contributed by atoms with E-state index in [0.29, 0.717) is 22.9 Å². The van der Waals surface area contributed by atoms with Gasteiger partial charge in [-0.15, -0.1) is 0 Å². The first-order valence-corrected chi connectivity index (χ1v) is 8.92. The molecular weight excluding hydrogens is 380 g/mol. The number of aryl methyl sites for hydroxylation is 1. The highest BCUT2D eigenvalue weighted by Crippen LogP contribution is 2.12. The molecule has 0 bridgehead atoms. The Morgan fingerprint density at radius 3 is 2.36 bits per heavy atom. The number of halogens is 1. The summed E-state index contributed by atoms with van der Waals surface area (Å²) in [6.45, 7) is 0.511. The Balaban J connectivity index is 1.45. The van der Waals surface area contributed by atoms with Crippen molar-refractivity contribution in [3.63, 3.8) is 0 Å². The fourth-order valence-corrected chi connectivity index (χ4v) is 2.52. The van der Waals surface area contributed by atoms with E-state index in [1.165, 1.54) is 0 Å². The van der Waals surface area contributed by atoms with E-state index in [1.54, 1.807) is 60.4 Å². The number of anilines is 1. The highest BCUT2D eigenvalue weighted by molar-refractivity contribution is 6.30. The molecule has 2 aromatic carbocycles. The van der Waals surface area contributed by atoms with Gasteiger partial charge in [0.2, 0.25) is 0 Å². The highest BCUT2D eigenvalue weighted by atomic mass is 35.5. The Morgan fingerprint density at radius 2 is 1.71 bits per heavy atom. The molecule has 0 radical (unpaired) electrons. The molecule has 3 aromatic rings. The van der Waals surface area contributed by atoms with Gasteiger partial charge in [0, 0.05) is 30.5 Å². The van der Waals surface area contributed by atoms with Gasteiger partial charge in [-0.2, -0.15) is 5.10 Å². The minimum atomic E-state index is -0.550. The largest absolute Gasteiger partial charge is 0.444 e. The summed E-state index contributed by atoms with van der Waals surface area (Å²) in [7, 11) is 1.75. The lowest BCUT2D eigenvalue weighted by molar-refractivity contribution is 0.0945. The lowest BCUT2D eigenvalue weighted by Crippen LogP contribution is -2.23. The highest BCUT2D eigenvalue weighted by Gasteiger charge is 2.08. The van der Waals surface area contributed by atoms with Crippen LogP contribution in [0.1, 0.15) is 21.6 Å². The zero-order valence-electron chi connectivity index (χ0n) is 15.2. The number of hydrogen-bond acceptors (Lipinski definition) is 4. The smallest absolute Gasteiger partial charge is 0.411 e. The van der Waals surface area contributed by atoms with Crippen molar-refractivity contribution in [3.8, 4) is 0 Å². The molecule has 0 saturated carbocycles. The van der Waals surface area contributed by atoms with Crippen LogP contribution >= 0.6 is 11.6 Å². The number of carbonyl (C=O) groups excluding carboxylic acids is 2. The molecule has 0 saturated heterocycles. The van der Waals surface area contributed by atoms with Gasteiger partial charge >= 0.3 is 6.09 Å². The first-order valence-electron chi connectivity index (χ1n) is 8.54. The van der Waals surface area contributed by atoms with Gasteiger partial charge in [0.15, 0.2) is 0 Å². The summed E-state index contributed by atoms with van der Waals surface area (Å²) in [6, 6.07) is 15.8. The number of ether oxygens (including phenoxy) is 1. The quantitative estimate of drug-likeness (QED) is 0.662. The Kier molecular flexibility index (Phi) is 6.29. The second-order valence-corrected chi connectivity index (χ2v) is 6.52. The third-order valence-electron chi connectivity index (χ3n) is 3.88. The number of nitrogens with zero attached hydrogens (tertiary/aromatic N) is 2. The minimum absolute atomic E-state index is 0.153. The first kappa shape index (κ1) is 19.4. The van der Waals surface area contributed by atoms with E-state index >= 15 is 0 Å². The van der Waals surface area contributed by atoms with Crippen molar-refractivity contribution in [1.29, 1.82) is 0 Å². The first-order chi connectivity index (χ1) is 13.5. The molecule has 8 heteroatoms. The molecule has 2 amide bonds. The second-order valence-electron chi connectivity index (χ2n) is 6.08. The summed E-state index contributed by atoms with van der Waals surface area (Å²) in [6.07, 6.45) is 1.16. The van der Waals surface area contributed by atoms with Crippen LogP contribution in [-0.4, -0.2) is 21.8 Å².